The number of rotatable bonds is 13. The summed E-state index contributed by atoms with van der Waals surface area (Å²) < 4.78 is 0. The number of carbonyl (C=O) groups excluding carboxylic acids is 1. The lowest BCUT2D eigenvalue weighted by molar-refractivity contribution is -0.137. The van der Waals surface area contributed by atoms with Gasteiger partial charge in [-0.15, -0.1) is 0 Å². The second-order valence-corrected chi connectivity index (χ2v) is 5.23. The average molecular weight is 308 g/mol. The fourth-order valence-electron chi connectivity index (χ4n) is 1.81. The molecule has 0 heterocycles. The molecule has 0 aromatic heterocycles. The Balaban J connectivity index is 3.60. The maximum absolute atomic E-state index is 11.6. The van der Waals surface area contributed by atoms with E-state index < -0.39 is 12.1 Å². The van der Waals surface area contributed by atoms with E-state index in [2.05, 4.69) is 0 Å². The standard InChI is InChI=1S/C18H28O4/c1-2-16(19)12-8-6-7-10-14-17(20)13-9-4-3-5-11-15-18(21)22/h6-8,10,12,14,16,19H,2-5,9,11,13,15H2,1H3,(H,21,22)/b7-6+,12-8-,14-10+/t16-/m1/s1. The van der Waals surface area contributed by atoms with Gasteiger partial charge >= 0.3 is 5.97 Å². The quantitative estimate of drug-likeness (QED) is 0.308. The van der Waals surface area contributed by atoms with Gasteiger partial charge in [-0.25, -0.2) is 0 Å². The first-order valence-electron chi connectivity index (χ1n) is 8.00. The Kier molecular flexibility index (Phi) is 13.2. The summed E-state index contributed by atoms with van der Waals surface area (Å²) >= 11 is 0. The minimum Gasteiger partial charge on any atom is -0.481 e. The monoisotopic (exact) mass is 308 g/mol. The predicted molar refractivity (Wildman–Crippen MR) is 88.7 cm³/mol. The highest BCUT2D eigenvalue weighted by molar-refractivity contribution is 5.89. The zero-order valence-electron chi connectivity index (χ0n) is 13.4. The fraction of sp³-hybridized carbons (Fsp3) is 0.556. The molecular formula is C18H28O4. The molecule has 0 rings (SSSR count). The number of unbranched alkanes of at least 4 members (excludes halogenated alkanes) is 4. The number of ketones is 1. The molecule has 22 heavy (non-hydrogen) atoms. The summed E-state index contributed by atoms with van der Waals surface area (Å²) in [7, 11) is 0. The summed E-state index contributed by atoms with van der Waals surface area (Å²) in [6, 6.07) is 0. The Bertz CT molecular complexity index is 394. The van der Waals surface area contributed by atoms with Crippen molar-refractivity contribution in [3.63, 3.8) is 0 Å². The van der Waals surface area contributed by atoms with Gasteiger partial charge in [0.25, 0.3) is 0 Å². The van der Waals surface area contributed by atoms with Gasteiger partial charge in [-0.1, -0.05) is 56.6 Å². The maximum Gasteiger partial charge on any atom is 0.303 e. The van der Waals surface area contributed by atoms with Crippen molar-refractivity contribution in [3.8, 4) is 0 Å². The molecule has 0 spiro atoms. The van der Waals surface area contributed by atoms with E-state index in [9.17, 15) is 14.7 Å². The number of hydrogen-bond acceptors (Lipinski definition) is 3. The molecule has 0 aromatic rings. The van der Waals surface area contributed by atoms with Crippen LogP contribution in [0.15, 0.2) is 36.5 Å². The van der Waals surface area contributed by atoms with Crippen LogP contribution in [0.5, 0.6) is 0 Å². The second-order valence-electron chi connectivity index (χ2n) is 5.23. The molecule has 0 aliphatic rings. The maximum atomic E-state index is 11.6. The van der Waals surface area contributed by atoms with Gasteiger partial charge in [0.1, 0.15) is 0 Å². The molecule has 4 nitrogen and oxygen atoms in total. The van der Waals surface area contributed by atoms with Gasteiger partial charge in [-0.3, -0.25) is 9.59 Å². The molecule has 0 fully saturated rings. The van der Waals surface area contributed by atoms with Crippen molar-refractivity contribution in [1.29, 1.82) is 0 Å². The van der Waals surface area contributed by atoms with Crippen molar-refractivity contribution in [3.05, 3.63) is 36.5 Å². The van der Waals surface area contributed by atoms with Gasteiger partial charge in [0.05, 0.1) is 6.10 Å². The second kappa shape index (κ2) is 14.3. The summed E-state index contributed by atoms with van der Waals surface area (Å²) in [5.74, 6) is -0.639. The number of allylic oxidation sites excluding steroid dienone is 5. The van der Waals surface area contributed by atoms with E-state index in [0.717, 1.165) is 25.7 Å². The van der Waals surface area contributed by atoms with Crippen molar-refractivity contribution in [1.82, 2.24) is 0 Å². The molecule has 0 radical (unpaired) electrons. The average Bonchev–Trinajstić information content (AvgIpc) is 2.49. The Morgan fingerprint density at radius 3 is 2.14 bits per heavy atom. The molecule has 0 bridgehead atoms. The molecular weight excluding hydrogens is 280 g/mol. The summed E-state index contributed by atoms with van der Waals surface area (Å²) in [6.07, 6.45) is 15.8. The van der Waals surface area contributed by atoms with Crippen LogP contribution in [0.4, 0.5) is 0 Å². The number of carboxylic acids is 1. The van der Waals surface area contributed by atoms with Crippen molar-refractivity contribution >= 4 is 11.8 Å². The van der Waals surface area contributed by atoms with E-state index >= 15 is 0 Å². The fourth-order valence-corrected chi connectivity index (χ4v) is 1.81. The molecule has 124 valence electrons. The smallest absolute Gasteiger partial charge is 0.303 e. The Labute approximate surface area is 133 Å². The molecule has 1 atom stereocenters. The molecule has 0 aliphatic carbocycles. The lowest BCUT2D eigenvalue weighted by Gasteiger charge is -1.98. The van der Waals surface area contributed by atoms with Crippen LogP contribution in [0.2, 0.25) is 0 Å². The van der Waals surface area contributed by atoms with Crippen molar-refractivity contribution in [2.75, 3.05) is 0 Å². The summed E-state index contributed by atoms with van der Waals surface area (Å²) in [5.41, 5.74) is 0. The lowest BCUT2D eigenvalue weighted by Crippen LogP contribution is -1.97. The van der Waals surface area contributed by atoms with Crippen molar-refractivity contribution < 1.29 is 19.8 Å². The highest BCUT2D eigenvalue weighted by atomic mass is 16.4. The van der Waals surface area contributed by atoms with E-state index in [1.807, 2.05) is 6.92 Å². The van der Waals surface area contributed by atoms with Crippen molar-refractivity contribution in [2.24, 2.45) is 0 Å². The molecule has 0 aliphatic heterocycles. The van der Waals surface area contributed by atoms with E-state index in [-0.39, 0.29) is 12.2 Å². The Morgan fingerprint density at radius 1 is 0.909 bits per heavy atom. The molecule has 4 heteroatoms. The minimum absolute atomic E-state index is 0.104. The summed E-state index contributed by atoms with van der Waals surface area (Å²) in [6.45, 7) is 1.91. The van der Waals surface area contributed by atoms with Crippen LogP contribution in [-0.4, -0.2) is 28.1 Å². The van der Waals surface area contributed by atoms with Gasteiger partial charge in [0.15, 0.2) is 5.78 Å². The molecule has 0 saturated carbocycles. The normalized spacial score (nSPS) is 13.4. The van der Waals surface area contributed by atoms with Crippen LogP contribution in [0.25, 0.3) is 0 Å². The zero-order valence-corrected chi connectivity index (χ0v) is 13.4. The number of aliphatic hydroxyl groups is 1. The van der Waals surface area contributed by atoms with Gasteiger partial charge in [0, 0.05) is 12.8 Å². The first kappa shape index (κ1) is 20.3. The first-order valence-corrected chi connectivity index (χ1v) is 8.00. The van der Waals surface area contributed by atoms with E-state index in [0.29, 0.717) is 19.3 Å². The number of hydrogen-bond donors (Lipinski definition) is 2. The van der Waals surface area contributed by atoms with E-state index in [4.69, 9.17) is 5.11 Å². The number of aliphatic carboxylic acids is 1. The third-order valence-corrected chi connectivity index (χ3v) is 3.18. The Hall–Kier alpha value is -1.68. The molecule has 0 unspecified atom stereocenters. The van der Waals surface area contributed by atoms with Gasteiger partial charge < -0.3 is 10.2 Å². The number of aliphatic hydroxyl groups excluding tert-OH is 1. The van der Waals surface area contributed by atoms with Crippen LogP contribution >= 0.6 is 0 Å². The van der Waals surface area contributed by atoms with Crippen LogP contribution in [0.3, 0.4) is 0 Å². The molecule has 0 saturated heterocycles. The molecule has 0 aromatic carbocycles. The summed E-state index contributed by atoms with van der Waals surface area (Å²) in [5, 5.41) is 17.8. The predicted octanol–water partition coefficient (Wildman–Crippen LogP) is 3.81. The SMILES string of the molecule is CC[C@@H](O)\C=C/C=C/C=C/C(=O)CCCCCCCC(=O)O. The highest BCUT2D eigenvalue weighted by Crippen LogP contribution is 2.07. The topological polar surface area (TPSA) is 74.6 Å². The van der Waals surface area contributed by atoms with E-state index in [1.54, 1.807) is 36.5 Å². The number of carboxylic acid groups (broad SMARTS) is 1. The van der Waals surface area contributed by atoms with E-state index in [1.165, 1.54) is 0 Å². The zero-order chi connectivity index (χ0) is 16.6. The largest absolute Gasteiger partial charge is 0.481 e. The van der Waals surface area contributed by atoms with Gasteiger partial charge in [0.2, 0.25) is 0 Å². The van der Waals surface area contributed by atoms with Crippen LogP contribution in [-0.2, 0) is 9.59 Å². The van der Waals surface area contributed by atoms with Crippen LogP contribution < -0.4 is 0 Å². The number of carbonyl (C=O) groups is 2. The molecule has 2 N–H and O–H groups in total. The van der Waals surface area contributed by atoms with Crippen LogP contribution in [0, 0.1) is 0 Å². The Morgan fingerprint density at radius 2 is 1.50 bits per heavy atom. The van der Waals surface area contributed by atoms with Crippen LogP contribution in [0.1, 0.15) is 58.3 Å². The summed E-state index contributed by atoms with van der Waals surface area (Å²) in [4.78, 5) is 21.9. The minimum atomic E-state index is -0.743. The lowest BCUT2D eigenvalue weighted by atomic mass is 10.1. The third kappa shape index (κ3) is 14.7. The third-order valence-electron chi connectivity index (χ3n) is 3.18. The van der Waals surface area contributed by atoms with Gasteiger partial charge in [-0.2, -0.15) is 0 Å². The highest BCUT2D eigenvalue weighted by Gasteiger charge is 1.98. The molecule has 0 amide bonds. The van der Waals surface area contributed by atoms with Gasteiger partial charge in [-0.05, 0) is 25.3 Å². The van der Waals surface area contributed by atoms with Crippen molar-refractivity contribution in [2.45, 2.75) is 64.4 Å². The first-order chi connectivity index (χ1) is 10.6.